The highest BCUT2D eigenvalue weighted by Crippen LogP contribution is 2.33. The number of ether oxygens (including phenoxy) is 1. The van der Waals surface area contributed by atoms with Gasteiger partial charge in [0.2, 0.25) is 0 Å². The van der Waals surface area contributed by atoms with E-state index in [0.29, 0.717) is 17.1 Å². The molecule has 1 aliphatic rings. The maximum atomic E-state index is 13.3. The highest BCUT2D eigenvalue weighted by molar-refractivity contribution is 6.30. The van der Waals surface area contributed by atoms with Crippen LogP contribution in [-0.2, 0) is 11.3 Å². The molecule has 0 aliphatic carbocycles. The van der Waals surface area contributed by atoms with Crippen LogP contribution >= 0.6 is 11.6 Å². The number of halogens is 1. The molecule has 0 saturated carbocycles. The second-order valence-corrected chi connectivity index (χ2v) is 7.74. The van der Waals surface area contributed by atoms with Crippen molar-refractivity contribution in [2.45, 2.75) is 6.54 Å². The third kappa shape index (κ3) is 4.58. The second kappa shape index (κ2) is 9.12. The largest absolute Gasteiger partial charge is 0.497 e. The Morgan fingerprint density at radius 2 is 1.66 bits per heavy atom. The monoisotopic (exact) mass is 445 g/mol. The quantitative estimate of drug-likeness (QED) is 0.508. The summed E-state index contributed by atoms with van der Waals surface area (Å²) >= 11 is 6.04. The number of nitrogens with zero attached hydrogens (tertiary/aromatic N) is 1. The number of carboxylic acids is 1. The normalized spacial score (nSPS) is 14.6. The Hall–Kier alpha value is -3.83. The standard InChI is InChI=1S/C26H20ClNO4/c1-32-23-12-4-17(5-13-23)14-21-15-24(19-8-10-22(27)11-9-19)28(25(21)29)16-18-2-6-20(7-3-18)26(30)31/h2-15H,16H2,1H3,(H,30,31)/b21-14-. The van der Waals surface area contributed by atoms with Crippen LogP contribution in [0.3, 0.4) is 0 Å². The number of hydrogen-bond donors (Lipinski definition) is 1. The summed E-state index contributed by atoms with van der Waals surface area (Å²) in [5.74, 6) is -0.373. The number of aromatic carboxylic acids is 1. The van der Waals surface area contributed by atoms with Gasteiger partial charge in [0.05, 0.1) is 24.9 Å². The second-order valence-electron chi connectivity index (χ2n) is 7.30. The van der Waals surface area contributed by atoms with Crippen LogP contribution < -0.4 is 4.74 Å². The maximum absolute atomic E-state index is 13.3. The maximum Gasteiger partial charge on any atom is 0.335 e. The summed E-state index contributed by atoms with van der Waals surface area (Å²) in [5.41, 5.74) is 4.09. The summed E-state index contributed by atoms with van der Waals surface area (Å²) < 4.78 is 5.20. The van der Waals surface area contributed by atoms with Crippen molar-refractivity contribution in [3.8, 4) is 5.75 Å². The summed E-state index contributed by atoms with van der Waals surface area (Å²) in [4.78, 5) is 26.1. The first-order chi connectivity index (χ1) is 15.4. The van der Waals surface area contributed by atoms with Crippen molar-refractivity contribution in [2.24, 2.45) is 0 Å². The minimum Gasteiger partial charge on any atom is -0.497 e. The Labute approximate surface area is 190 Å². The zero-order valence-electron chi connectivity index (χ0n) is 17.3. The number of methoxy groups -OCH3 is 1. The number of carbonyl (C=O) groups excluding carboxylic acids is 1. The highest BCUT2D eigenvalue weighted by Gasteiger charge is 2.29. The average Bonchev–Trinajstić information content (AvgIpc) is 3.10. The fourth-order valence-electron chi connectivity index (χ4n) is 3.49. The van der Waals surface area contributed by atoms with Crippen molar-refractivity contribution >= 4 is 35.3 Å². The molecule has 6 heteroatoms. The van der Waals surface area contributed by atoms with E-state index >= 15 is 0 Å². The van der Waals surface area contributed by atoms with Crippen molar-refractivity contribution in [1.29, 1.82) is 0 Å². The SMILES string of the molecule is COc1ccc(/C=C2/C=C(c3ccc(Cl)cc3)N(Cc3ccc(C(=O)O)cc3)C2=O)cc1. The van der Waals surface area contributed by atoms with Gasteiger partial charge in [-0.3, -0.25) is 4.79 Å². The predicted molar refractivity (Wildman–Crippen MR) is 124 cm³/mol. The van der Waals surface area contributed by atoms with E-state index in [-0.39, 0.29) is 11.5 Å². The molecule has 1 N–H and O–H groups in total. The van der Waals surface area contributed by atoms with Crippen LogP contribution in [0, 0.1) is 0 Å². The number of carboxylic acid groups (broad SMARTS) is 1. The number of rotatable bonds is 6. The van der Waals surface area contributed by atoms with Gasteiger partial charge in [0.25, 0.3) is 5.91 Å². The first-order valence-electron chi connectivity index (χ1n) is 9.92. The summed E-state index contributed by atoms with van der Waals surface area (Å²) in [6, 6.07) is 21.3. The minimum absolute atomic E-state index is 0.131. The molecule has 0 unspecified atom stereocenters. The number of amides is 1. The van der Waals surface area contributed by atoms with E-state index in [9.17, 15) is 9.59 Å². The lowest BCUT2D eigenvalue weighted by atomic mass is 10.1. The van der Waals surface area contributed by atoms with Gasteiger partial charge in [-0.15, -0.1) is 0 Å². The summed E-state index contributed by atoms with van der Waals surface area (Å²) in [7, 11) is 1.61. The molecule has 0 radical (unpaired) electrons. The summed E-state index contributed by atoms with van der Waals surface area (Å²) in [6.07, 6.45) is 3.70. The predicted octanol–water partition coefficient (Wildman–Crippen LogP) is 5.51. The Kier molecular flexibility index (Phi) is 6.10. The molecule has 0 atom stereocenters. The van der Waals surface area contributed by atoms with Crippen molar-refractivity contribution < 1.29 is 19.4 Å². The Bertz CT molecular complexity index is 1210. The average molecular weight is 446 g/mol. The van der Waals surface area contributed by atoms with Crippen molar-refractivity contribution in [1.82, 2.24) is 4.90 Å². The molecular formula is C26H20ClNO4. The minimum atomic E-state index is -0.986. The molecule has 0 aromatic heterocycles. The topological polar surface area (TPSA) is 66.8 Å². The summed E-state index contributed by atoms with van der Waals surface area (Å²) in [6.45, 7) is 0.313. The van der Waals surface area contributed by atoms with Gasteiger partial charge >= 0.3 is 5.97 Å². The fraction of sp³-hybridized carbons (Fsp3) is 0.0769. The zero-order valence-corrected chi connectivity index (χ0v) is 18.0. The molecule has 3 aromatic carbocycles. The first kappa shape index (κ1) is 21.4. The van der Waals surface area contributed by atoms with E-state index < -0.39 is 5.97 Å². The molecule has 1 heterocycles. The van der Waals surface area contributed by atoms with Gasteiger partial charge < -0.3 is 14.7 Å². The van der Waals surface area contributed by atoms with E-state index in [1.54, 1.807) is 36.3 Å². The van der Waals surface area contributed by atoms with Crippen molar-refractivity contribution in [3.05, 3.63) is 112 Å². The van der Waals surface area contributed by atoms with Gasteiger partial charge in [-0.25, -0.2) is 4.79 Å². The van der Waals surface area contributed by atoms with Gasteiger partial charge in [0, 0.05) is 10.6 Å². The van der Waals surface area contributed by atoms with Crippen LogP contribution in [0.5, 0.6) is 5.75 Å². The van der Waals surface area contributed by atoms with Gasteiger partial charge in [-0.1, -0.05) is 48.0 Å². The lowest BCUT2D eigenvalue weighted by Crippen LogP contribution is -2.25. The van der Waals surface area contributed by atoms with Crippen molar-refractivity contribution in [2.75, 3.05) is 7.11 Å². The van der Waals surface area contributed by atoms with Crippen LogP contribution in [0.15, 0.2) is 84.4 Å². The Morgan fingerprint density at radius 3 is 2.25 bits per heavy atom. The number of hydrogen-bond acceptors (Lipinski definition) is 3. The first-order valence-corrected chi connectivity index (χ1v) is 10.3. The molecule has 32 heavy (non-hydrogen) atoms. The van der Waals surface area contributed by atoms with Crippen molar-refractivity contribution in [3.63, 3.8) is 0 Å². The van der Waals surface area contributed by atoms with Crippen LogP contribution in [-0.4, -0.2) is 29.0 Å². The molecule has 0 saturated heterocycles. The number of benzene rings is 3. The van der Waals surface area contributed by atoms with Crippen LogP contribution in [0.25, 0.3) is 11.8 Å². The summed E-state index contributed by atoms with van der Waals surface area (Å²) in [5, 5.41) is 9.74. The zero-order chi connectivity index (χ0) is 22.7. The van der Waals surface area contributed by atoms with Gasteiger partial charge in [-0.05, 0) is 65.2 Å². The molecule has 5 nitrogen and oxygen atoms in total. The molecule has 0 spiro atoms. The van der Waals surface area contributed by atoms with E-state index in [4.69, 9.17) is 21.4 Å². The Morgan fingerprint density at radius 1 is 1.00 bits per heavy atom. The molecule has 160 valence electrons. The van der Waals surface area contributed by atoms with Crippen LogP contribution in [0.1, 0.15) is 27.0 Å². The molecule has 1 amide bonds. The molecule has 0 bridgehead atoms. The third-order valence-corrected chi connectivity index (χ3v) is 5.45. The molecular weight excluding hydrogens is 426 g/mol. The third-order valence-electron chi connectivity index (χ3n) is 5.19. The lowest BCUT2D eigenvalue weighted by molar-refractivity contribution is -0.123. The lowest BCUT2D eigenvalue weighted by Gasteiger charge is -2.21. The molecule has 1 aliphatic heterocycles. The van der Waals surface area contributed by atoms with E-state index in [1.165, 1.54) is 12.1 Å². The van der Waals surface area contributed by atoms with E-state index in [1.807, 2.05) is 48.6 Å². The molecule has 3 aromatic rings. The fourth-order valence-corrected chi connectivity index (χ4v) is 3.61. The van der Waals surface area contributed by atoms with Crippen LogP contribution in [0.2, 0.25) is 5.02 Å². The van der Waals surface area contributed by atoms with Gasteiger partial charge in [-0.2, -0.15) is 0 Å². The molecule has 4 rings (SSSR count). The van der Waals surface area contributed by atoms with E-state index in [0.717, 1.165) is 28.1 Å². The molecule has 0 fully saturated rings. The van der Waals surface area contributed by atoms with Gasteiger partial charge in [0.15, 0.2) is 0 Å². The Balaban J connectivity index is 1.69. The highest BCUT2D eigenvalue weighted by atomic mass is 35.5. The van der Waals surface area contributed by atoms with Gasteiger partial charge in [0.1, 0.15) is 5.75 Å². The van der Waals surface area contributed by atoms with Crippen LogP contribution in [0.4, 0.5) is 0 Å². The van der Waals surface area contributed by atoms with E-state index in [2.05, 4.69) is 0 Å². The number of carbonyl (C=O) groups is 2. The smallest absolute Gasteiger partial charge is 0.335 e.